The van der Waals surface area contributed by atoms with Gasteiger partial charge < -0.3 is 14.6 Å². The molecule has 3 nitrogen and oxygen atoms in total. The Kier molecular flexibility index (Phi) is 4.60. The Morgan fingerprint density at radius 1 is 1.19 bits per heavy atom. The summed E-state index contributed by atoms with van der Waals surface area (Å²) in [6.07, 6.45) is 0.651. The number of aliphatic hydroxyl groups excluding tert-OH is 1. The van der Waals surface area contributed by atoms with Crippen LogP contribution < -0.4 is 9.47 Å². The molecule has 0 saturated carbocycles. The van der Waals surface area contributed by atoms with Crippen molar-refractivity contribution < 1.29 is 14.6 Å². The SMILES string of the molecule is OC(Cc1ccc(Cl)s1)c1cc(Cl)c2c(c1)OCCCO2. The molecule has 6 heteroatoms. The summed E-state index contributed by atoms with van der Waals surface area (Å²) in [5.74, 6) is 1.16. The summed E-state index contributed by atoms with van der Waals surface area (Å²) in [5.41, 5.74) is 0.716. The van der Waals surface area contributed by atoms with E-state index >= 15 is 0 Å². The lowest BCUT2D eigenvalue weighted by atomic mass is 10.1. The summed E-state index contributed by atoms with van der Waals surface area (Å²) in [4.78, 5) is 1.02. The smallest absolute Gasteiger partial charge is 0.179 e. The number of aliphatic hydroxyl groups is 1. The Labute approximate surface area is 137 Å². The van der Waals surface area contributed by atoms with Crippen LogP contribution in [0.3, 0.4) is 0 Å². The minimum atomic E-state index is -0.658. The highest BCUT2D eigenvalue weighted by Crippen LogP contribution is 2.40. The van der Waals surface area contributed by atoms with Crippen LogP contribution in [0.4, 0.5) is 0 Å². The van der Waals surface area contributed by atoms with Crippen molar-refractivity contribution in [3.05, 3.63) is 44.1 Å². The molecule has 1 unspecified atom stereocenters. The van der Waals surface area contributed by atoms with Gasteiger partial charge >= 0.3 is 0 Å². The van der Waals surface area contributed by atoms with Gasteiger partial charge in [0.1, 0.15) is 0 Å². The molecular weight excluding hydrogens is 331 g/mol. The number of hydrogen-bond acceptors (Lipinski definition) is 4. The fourth-order valence-corrected chi connectivity index (χ4v) is 3.61. The van der Waals surface area contributed by atoms with E-state index in [4.69, 9.17) is 32.7 Å². The second-order valence-corrected chi connectivity index (χ2v) is 7.01. The summed E-state index contributed by atoms with van der Waals surface area (Å²) in [6.45, 7) is 1.17. The van der Waals surface area contributed by atoms with Crippen LogP contribution in [-0.2, 0) is 6.42 Å². The van der Waals surface area contributed by atoms with Crippen LogP contribution in [0.2, 0.25) is 9.36 Å². The second kappa shape index (κ2) is 6.44. The van der Waals surface area contributed by atoms with Crippen molar-refractivity contribution in [3.8, 4) is 11.5 Å². The molecule has 0 amide bonds. The zero-order valence-electron chi connectivity index (χ0n) is 11.1. The molecule has 1 N–H and O–H groups in total. The highest BCUT2D eigenvalue weighted by atomic mass is 35.5. The molecule has 1 aliphatic rings. The van der Waals surface area contributed by atoms with Crippen molar-refractivity contribution in [1.82, 2.24) is 0 Å². The molecule has 3 rings (SSSR count). The molecule has 21 heavy (non-hydrogen) atoms. The van der Waals surface area contributed by atoms with Crippen molar-refractivity contribution in [2.24, 2.45) is 0 Å². The standard InChI is InChI=1S/C15H14Cl2O3S/c16-11-6-9(7-13-15(11)20-5-1-4-19-13)12(18)8-10-2-3-14(17)21-10/h2-3,6-7,12,18H,1,4-5,8H2. The van der Waals surface area contributed by atoms with Crippen LogP contribution >= 0.6 is 34.5 Å². The first-order valence-electron chi connectivity index (χ1n) is 6.65. The third-order valence-corrected chi connectivity index (χ3v) is 4.77. The molecule has 0 bridgehead atoms. The van der Waals surface area contributed by atoms with Crippen LogP contribution in [0.1, 0.15) is 23.0 Å². The number of benzene rings is 1. The fourth-order valence-electron chi connectivity index (χ4n) is 2.21. The molecule has 0 aliphatic carbocycles. The first-order chi connectivity index (χ1) is 10.1. The molecule has 2 heterocycles. The van der Waals surface area contributed by atoms with Crippen LogP contribution in [0.25, 0.3) is 0 Å². The average Bonchev–Trinajstić information content (AvgIpc) is 2.72. The quantitative estimate of drug-likeness (QED) is 0.891. The van der Waals surface area contributed by atoms with E-state index < -0.39 is 6.10 Å². The maximum Gasteiger partial charge on any atom is 0.179 e. The predicted molar refractivity (Wildman–Crippen MR) is 85.1 cm³/mol. The average molecular weight is 345 g/mol. The van der Waals surface area contributed by atoms with Crippen molar-refractivity contribution in [2.75, 3.05) is 13.2 Å². The zero-order valence-corrected chi connectivity index (χ0v) is 13.5. The normalized spacial score (nSPS) is 15.6. The molecule has 0 spiro atoms. The van der Waals surface area contributed by atoms with Gasteiger partial charge in [0.25, 0.3) is 0 Å². The summed E-state index contributed by atoms with van der Waals surface area (Å²) < 4.78 is 11.9. The van der Waals surface area contributed by atoms with E-state index in [0.29, 0.717) is 46.1 Å². The van der Waals surface area contributed by atoms with Crippen molar-refractivity contribution in [3.63, 3.8) is 0 Å². The maximum atomic E-state index is 10.4. The van der Waals surface area contributed by atoms with E-state index in [2.05, 4.69) is 0 Å². The Hall–Kier alpha value is -0.940. The lowest BCUT2D eigenvalue weighted by Crippen LogP contribution is -2.02. The number of fused-ring (bicyclic) bond motifs is 1. The van der Waals surface area contributed by atoms with E-state index in [0.717, 1.165) is 11.3 Å². The predicted octanol–water partition coefficient (Wildman–Crippen LogP) is 4.49. The summed E-state index contributed by atoms with van der Waals surface area (Å²) in [6, 6.07) is 7.28. The molecule has 1 atom stereocenters. The zero-order chi connectivity index (χ0) is 14.8. The lowest BCUT2D eigenvalue weighted by molar-refractivity contribution is 0.179. The third-order valence-electron chi connectivity index (χ3n) is 3.23. The van der Waals surface area contributed by atoms with Gasteiger partial charge in [0.15, 0.2) is 11.5 Å². The molecule has 1 aliphatic heterocycles. The largest absolute Gasteiger partial charge is 0.489 e. The van der Waals surface area contributed by atoms with Gasteiger partial charge in [-0.25, -0.2) is 0 Å². The molecule has 2 aromatic rings. The fraction of sp³-hybridized carbons (Fsp3) is 0.333. The summed E-state index contributed by atoms with van der Waals surface area (Å²) in [7, 11) is 0. The van der Waals surface area contributed by atoms with Gasteiger partial charge in [0.05, 0.1) is 28.7 Å². The number of thiophene rings is 1. The minimum absolute atomic E-state index is 0.465. The van der Waals surface area contributed by atoms with E-state index in [9.17, 15) is 5.11 Å². The van der Waals surface area contributed by atoms with Gasteiger partial charge in [-0.15, -0.1) is 11.3 Å². The molecule has 1 aromatic carbocycles. The van der Waals surface area contributed by atoms with E-state index in [1.165, 1.54) is 11.3 Å². The first kappa shape index (κ1) is 15.0. The van der Waals surface area contributed by atoms with Gasteiger partial charge in [-0.3, -0.25) is 0 Å². The number of ether oxygens (including phenoxy) is 2. The first-order valence-corrected chi connectivity index (χ1v) is 8.22. The summed E-state index contributed by atoms with van der Waals surface area (Å²) in [5, 5.41) is 10.9. The Morgan fingerprint density at radius 2 is 2.00 bits per heavy atom. The number of rotatable bonds is 3. The van der Waals surface area contributed by atoms with Crippen molar-refractivity contribution in [2.45, 2.75) is 18.9 Å². The van der Waals surface area contributed by atoms with Crippen molar-refractivity contribution in [1.29, 1.82) is 0 Å². The topological polar surface area (TPSA) is 38.7 Å². The van der Waals surface area contributed by atoms with E-state index in [1.54, 1.807) is 12.1 Å². The maximum absolute atomic E-state index is 10.4. The Bertz CT molecular complexity index is 642. The van der Waals surface area contributed by atoms with Gasteiger partial charge in [-0.1, -0.05) is 23.2 Å². The number of halogens is 2. The van der Waals surface area contributed by atoms with Gasteiger partial charge in [0.2, 0.25) is 0 Å². The Morgan fingerprint density at radius 3 is 2.76 bits per heavy atom. The van der Waals surface area contributed by atoms with E-state index in [-0.39, 0.29) is 0 Å². The molecule has 112 valence electrons. The monoisotopic (exact) mass is 344 g/mol. The second-order valence-electron chi connectivity index (χ2n) is 4.81. The molecule has 0 fully saturated rings. The highest BCUT2D eigenvalue weighted by molar-refractivity contribution is 7.16. The van der Waals surface area contributed by atoms with E-state index in [1.807, 2.05) is 12.1 Å². The van der Waals surface area contributed by atoms with Gasteiger partial charge in [-0.2, -0.15) is 0 Å². The van der Waals surface area contributed by atoms with Crippen LogP contribution in [0, 0.1) is 0 Å². The lowest BCUT2D eigenvalue weighted by Gasteiger charge is -2.15. The highest BCUT2D eigenvalue weighted by Gasteiger charge is 2.19. The number of hydrogen-bond donors (Lipinski definition) is 1. The molecule has 0 radical (unpaired) electrons. The van der Waals surface area contributed by atoms with Crippen LogP contribution in [0.5, 0.6) is 11.5 Å². The minimum Gasteiger partial charge on any atom is -0.489 e. The molecule has 0 saturated heterocycles. The van der Waals surface area contributed by atoms with Gasteiger partial charge in [0, 0.05) is 17.7 Å². The van der Waals surface area contributed by atoms with Crippen LogP contribution in [0.15, 0.2) is 24.3 Å². The molecule has 1 aromatic heterocycles. The van der Waals surface area contributed by atoms with Gasteiger partial charge in [-0.05, 0) is 29.8 Å². The van der Waals surface area contributed by atoms with Crippen LogP contribution in [-0.4, -0.2) is 18.3 Å². The third kappa shape index (κ3) is 3.46. The summed E-state index contributed by atoms with van der Waals surface area (Å²) >= 11 is 13.6. The Balaban J connectivity index is 1.84. The molecular formula is C15H14Cl2O3S. The van der Waals surface area contributed by atoms with Crippen molar-refractivity contribution >= 4 is 34.5 Å².